The summed E-state index contributed by atoms with van der Waals surface area (Å²) >= 11 is 0. The Balaban J connectivity index is 2.57. The van der Waals surface area contributed by atoms with Gasteiger partial charge in [-0.3, -0.25) is 4.98 Å². The number of aromatic nitrogens is 1. The molecular weight excluding hydrogens is 230 g/mol. The van der Waals surface area contributed by atoms with Gasteiger partial charge >= 0.3 is 0 Å². The molecule has 1 aromatic heterocycles. The molecule has 0 aliphatic carbocycles. The lowest BCUT2D eigenvalue weighted by Gasteiger charge is -2.08. The number of hydrogen-bond acceptors (Lipinski definition) is 1. The van der Waals surface area contributed by atoms with Crippen LogP contribution in [0.5, 0.6) is 0 Å². The Hall–Kier alpha value is -2.41. The molecule has 0 saturated heterocycles. The molecule has 0 saturated carbocycles. The summed E-state index contributed by atoms with van der Waals surface area (Å²) in [5, 5.41) is 0. The first-order valence-electron chi connectivity index (χ1n) is 12.7. The Bertz CT molecular complexity index is 1300. The molecule has 1 heteroatoms. The Morgan fingerprint density at radius 3 is 2.16 bits per heavy atom. The molecule has 0 radical (unpaired) electrons. The van der Waals surface area contributed by atoms with E-state index in [1.807, 2.05) is 0 Å². The summed E-state index contributed by atoms with van der Waals surface area (Å²) < 4.78 is 120. The molecular formula is C18H15N. The van der Waals surface area contributed by atoms with Gasteiger partial charge in [-0.1, -0.05) is 60.4 Å². The van der Waals surface area contributed by atoms with Crippen molar-refractivity contribution in [3.63, 3.8) is 0 Å². The molecule has 0 aliphatic rings. The molecule has 0 N–H and O–H groups in total. The smallest absolute Gasteiger partial charge is 0.0847 e. The van der Waals surface area contributed by atoms with E-state index in [4.69, 9.17) is 20.6 Å². The van der Waals surface area contributed by atoms with E-state index in [1.165, 1.54) is 0 Å². The topological polar surface area (TPSA) is 12.9 Å². The molecule has 0 unspecified atom stereocenters. The van der Waals surface area contributed by atoms with E-state index in [2.05, 4.69) is 4.98 Å². The normalized spacial score (nSPS) is 22.2. The predicted octanol–water partition coefficient (Wildman–Crippen LogP) is 4.72. The zero-order chi connectivity index (χ0) is 26.0. The first-order valence-corrected chi connectivity index (χ1v) is 5.20. The Kier molecular flexibility index (Phi) is 0.953. The van der Waals surface area contributed by atoms with Gasteiger partial charge in [0.15, 0.2) is 0 Å². The van der Waals surface area contributed by atoms with E-state index < -0.39 is 107 Å². The van der Waals surface area contributed by atoms with E-state index in [-0.39, 0.29) is 0 Å². The van der Waals surface area contributed by atoms with Crippen LogP contribution in [0.25, 0.3) is 22.4 Å². The number of pyridine rings is 1. The fraction of sp³-hybridized carbons (Fsp3) is 0.0556. The van der Waals surface area contributed by atoms with E-state index in [1.54, 1.807) is 0 Å². The first kappa shape index (κ1) is 3.57. The summed E-state index contributed by atoms with van der Waals surface area (Å²) in [6.45, 7) is -3.16. The highest BCUT2D eigenvalue weighted by molar-refractivity contribution is 5.70. The van der Waals surface area contributed by atoms with Crippen LogP contribution in [0.2, 0.25) is 0 Å². The fourth-order valence-electron chi connectivity index (χ4n) is 1.42. The quantitative estimate of drug-likeness (QED) is 0.649. The third kappa shape index (κ3) is 2.41. The second-order valence-corrected chi connectivity index (χ2v) is 3.45. The van der Waals surface area contributed by atoms with Gasteiger partial charge in [-0.2, -0.15) is 0 Å². The summed E-state index contributed by atoms with van der Waals surface area (Å²) in [5.74, 6) is 0. The Labute approximate surface area is 134 Å². The second-order valence-electron chi connectivity index (χ2n) is 3.45. The van der Waals surface area contributed by atoms with Crippen LogP contribution in [-0.2, 0) is 0 Å². The van der Waals surface area contributed by atoms with E-state index in [0.717, 1.165) is 0 Å². The van der Waals surface area contributed by atoms with Crippen LogP contribution in [-0.4, -0.2) is 4.98 Å². The zero-order valence-corrected chi connectivity index (χ0v) is 9.45. The summed E-state index contributed by atoms with van der Waals surface area (Å²) in [6.07, 6.45) is -0.900. The maximum absolute atomic E-state index is 8.51. The SMILES string of the molecule is [2H]c1nc(-c2c([2H])c([2H])c([2H])c([2H])c2[2H])c([2H])c(C([2H])([2H])[2H])c1-c1c([2H])c([2H])c([2H])c([2H])c1[2H]. The fourth-order valence-corrected chi connectivity index (χ4v) is 1.42. The minimum atomic E-state index is -3.16. The van der Waals surface area contributed by atoms with E-state index in [9.17, 15) is 0 Å². The highest BCUT2D eigenvalue weighted by atomic mass is 14.7. The molecule has 92 valence electrons. The van der Waals surface area contributed by atoms with Crippen molar-refractivity contribution in [2.24, 2.45) is 0 Å². The average molecular weight is 260 g/mol. The van der Waals surface area contributed by atoms with Gasteiger partial charge in [0.25, 0.3) is 0 Å². The summed E-state index contributed by atoms with van der Waals surface area (Å²) in [6, 6.07) is -8.60. The highest BCUT2D eigenvalue weighted by Crippen LogP contribution is 2.26. The van der Waals surface area contributed by atoms with Crippen molar-refractivity contribution in [1.82, 2.24) is 4.98 Å². The number of rotatable bonds is 2. The van der Waals surface area contributed by atoms with Gasteiger partial charge < -0.3 is 0 Å². The molecule has 2 aromatic carbocycles. The highest BCUT2D eigenvalue weighted by Gasteiger charge is 2.05. The van der Waals surface area contributed by atoms with Crippen molar-refractivity contribution < 1.29 is 20.6 Å². The van der Waals surface area contributed by atoms with Crippen molar-refractivity contribution in [1.29, 1.82) is 0 Å². The van der Waals surface area contributed by atoms with Gasteiger partial charge in [-0.25, -0.2) is 0 Å². The third-order valence-corrected chi connectivity index (χ3v) is 2.26. The molecule has 0 amide bonds. The molecule has 1 heterocycles. The Morgan fingerprint density at radius 2 is 1.53 bits per heavy atom. The standard InChI is InChI=1S/C18H15N/c1-14-12-18(16-10-6-3-7-11-16)19-13-17(14)15-8-4-2-5-9-15/h2-13H,1H3/i1D3,2D,3D,4D,5D,6D,7D,8D,9D,10D,11D,12D,13D. The maximum Gasteiger partial charge on any atom is 0.0847 e. The van der Waals surface area contributed by atoms with Crippen LogP contribution in [0.4, 0.5) is 0 Å². The van der Waals surface area contributed by atoms with Gasteiger partial charge in [0.2, 0.25) is 0 Å². The molecule has 0 bridgehead atoms. The molecule has 1 nitrogen and oxygen atoms in total. The Morgan fingerprint density at radius 1 is 0.895 bits per heavy atom. The molecule has 0 spiro atoms. The van der Waals surface area contributed by atoms with Crippen LogP contribution >= 0.6 is 0 Å². The van der Waals surface area contributed by atoms with E-state index in [0.29, 0.717) is 0 Å². The minimum absolute atomic E-state index is 0.595. The van der Waals surface area contributed by atoms with Gasteiger partial charge in [0.1, 0.15) is 0 Å². The van der Waals surface area contributed by atoms with Crippen LogP contribution in [0.3, 0.4) is 0 Å². The molecule has 0 fully saturated rings. The second kappa shape index (κ2) is 5.07. The van der Waals surface area contributed by atoms with Crippen molar-refractivity contribution in [3.8, 4) is 22.4 Å². The lowest BCUT2D eigenvalue weighted by atomic mass is 10.0. The van der Waals surface area contributed by atoms with Crippen LogP contribution in [0.15, 0.2) is 72.6 Å². The minimum Gasteiger partial charge on any atom is -0.256 e. The lowest BCUT2D eigenvalue weighted by Crippen LogP contribution is -1.89. The van der Waals surface area contributed by atoms with Crippen molar-refractivity contribution in [2.45, 2.75) is 6.85 Å². The largest absolute Gasteiger partial charge is 0.256 e. The number of benzene rings is 2. The van der Waals surface area contributed by atoms with E-state index >= 15 is 0 Å². The van der Waals surface area contributed by atoms with Crippen LogP contribution < -0.4 is 0 Å². The summed E-state index contributed by atoms with van der Waals surface area (Å²) in [7, 11) is 0. The maximum atomic E-state index is 8.51. The van der Waals surface area contributed by atoms with Crippen LogP contribution in [0.1, 0.15) is 26.1 Å². The number of nitrogens with zero attached hydrogens (tertiary/aromatic N) is 1. The molecule has 0 atom stereocenters. The first-order chi connectivity index (χ1) is 15.5. The molecule has 0 aliphatic heterocycles. The monoisotopic (exact) mass is 260 g/mol. The summed E-state index contributed by atoms with van der Waals surface area (Å²) in [4.78, 5) is 3.82. The molecule has 19 heavy (non-hydrogen) atoms. The molecule has 3 aromatic rings. The van der Waals surface area contributed by atoms with Gasteiger partial charge in [0, 0.05) is 21.4 Å². The number of hydrogen-bond donors (Lipinski definition) is 0. The lowest BCUT2D eigenvalue weighted by molar-refractivity contribution is 1.29. The zero-order valence-electron chi connectivity index (χ0n) is 24.4. The van der Waals surface area contributed by atoms with Gasteiger partial charge in [0.05, 0.1) is 22.1 Å². The van der Waals surface area contributed by atoms with Crippen LogP contribution in [0, 0.1) is 6.85 Å². The average Bonchev–Trinajstić information content (AvgIpc) is 2.75. The van der Waals surface area contributed by atoms with Crippen molar-refractivity contribution >= 4 is 0 Å². The van der Waals surface area contributed by atoms with Crippen molar-refractivity contribution in [3.05, 3.63) is 78.2 Å². The van der Waals surface area contributed by atoms with Gasteiger partial charge in [-0.05, 0) is 24.0 Å². The van der Waals surface area contributed by atoms with Crippen molar-refractivity contribution in [2.75, 3.05) is 0 Å². The predicted molar refractivity (Wildman–Crippen MR) is 79.8 cm³/mol. The third-order valence-electron chi connectivity index (χ3n) is 2.26. The molecule has 3 rings (SSSR count). The van der Waals surface area contributed by atoms with Gasteiger partial charge in [-0.15, -0.1) is 0 Å². The summed E-state index contributed by atoms with van der Waals surface area (Å²) in [5.41, 5.74) is -3.51.